The zero-order valence-electron chi connectivity index (χ0n) is 19.5. The first-order valence-corrected chi connectivity index (χ1v) is 11.7. The smallest absolute Gasteiger partial charge is 0.164 e. The molecule has 7 rings (SSSR count). The highest BCUT2D eigenvalue weighted by Gasteiger charge is 2.20. The second kappa shape index (κ2) is 7.51. The number of benzene rings is 6. The van der Waals surface area contributed by atoms with Crippen LogP contribution < -0.4 is 9.47 Å². The summed E-state index contributed by atoms with van der Waals surface area (Å²) in [6.07, 6.45) is 0. The van der Waals surface area contributed by atoms with Gasteiger partial charge in [-0.1, -0.05) is 72.8 Å². The summed E-state index contributed by atoms with van der Waals surface area (Å²) in [6, 6.07) is 34.2. The van der Waals surface area contributed by atoms with Crippen molar-refractivity contribution in [2.75, 3.05) is 14.2 Å². The van der Waals surface area contributed by atoms with Crippen LogP contribution in [0, 0.1) is 0 Å². The van der Waals surface area contributed by atoms with Gasteiger partial charge in [0.05, 0.1) is 14.2 Å². The van der Waals surface area contributed by atoms with Gasteiger partial charge in [-0.15, -0.1) is 0 Å². The minimum absolute atomic E-state index is 0.654. The average molecular weight is 455 g/mol. The van der Waals surface area contributed by atoms with E-state index in [9.17, 15) is 0 Å². The summed E-state index contributed by atoms with van der Waals surface area (Å²) in [5, 5.41) is 9.34. The Balaban J connectivity index is 1.69. The van der Waals surface area contributed by atoms with E-state index in [0.29, 0.717) is 11.5 Å². The van der Waals surface area contributed by atoms with Gasteiger partial charge in [-0.05, 0) is 56.1 Å². The third-order valence-corrected chi connectivity index (χ3v) is 7.03. The molecular formula is C32H22O3. The molecular weight excluding hydrogens is 432 g/mol. The van der Waals surface area contributed by atoms with Crippen LogP contribution in [0.3, 0.4) is 0 Å². The Bertz CT molecular complexity index is 1930. The van der Waals surface area contributed by atoms with E-state index in [4.69, 9.17) is 13.9 Å². The maximum atomic E-state index is 6.61. The van der Waals surface area contributed by atoms with Crippen LogP contribution in [0.2, 0.25) is 0 Å². The van der Waals surface area contributed by atoms with Crippen molar-refractivity contribution >= 4 is 54.3 Å². The largest absolute Gasteiger partial charge is 0.493 e. The fourth-order valence-corrected chi connectivity index (χ4v) is 5.43. The molecule has 1 aromatic heterocycles. The molecule has 0 saturated heterocycles. The summed E-state index contributed by atoms with van der Waals surface area (Å²) in [5.74, 6) is 1.34. The van der Waals surface area contributed by atoms with Crippen molar-refractivity contribution in [3.8, 4) is 22.6 Å². The first-order valence-electron chi connectivity index (χ1n) is 11.7. The summed E-state index contributed by atoms with van der Waals surface area (Å²) in [7, 11) is 3.31. The van der Waals surface area contributed by atoms with Crippen LogP contribution >= 0.6 is 0 Å². The Hall–Kier alpha value is -4.50. The summed E-state index contributed by atoms with van der Waals surface area (Å²) in [6.45, 7) is 0. The third kappa shape index (κ3) is 2.85. The first-order chi connectivity index (χ1) is 17.3. The van der Waals surface area contributed by atoms with E-state index in [1.807, 2.05) is 12.1 Å². The van der Waals surface area contributed by atoms with Crippen LogP contribution in [0.1, 0.15) is 0 Å². The van der Waals surface area contributed by atoms with Crippen LogP contribution in [-0.4, -0.2) is 14.2 Å². The van der Waals surface area contributed by atoms with Gasteiger partial charge in [0.25, 0.3) is 0 Å². The molecule has 1 heterocycles. The lowest BCUT2D eigenvalue weighted by atomic mass is 9.90. The number of hydrogen-bond acceptors (Lipinski definition) is 3. The molecule has 0 aliphatic rings. The van der Waals surface area contributed by atoms with E-state index in [-0.39, 0.29) is 0 Å². The molecule has 0 fully saturated rings. The molecule has 0 spiro atoms. The Kier molecular flexibility index (Phi) is 4.27. The van der Waals surface area contributed by atoms with Gasteiger partial charge in [0.15, 0.2) is 11.5 Å². The maximum absolute atomic E-state index is 6.61. The van der Waals surface area contributed by atoms with Gasteiger partial charge in [-0.25, -0.2) is 0 Å². The van der Waals surface area contributed by atoms with E-state index < -0.39 is 0 Å². The molecule has 7 aromatic rings. The quantitative estimate of drug-likeness (QED) is 0.250. The summed E-state index contributed by atoms with van der Waals surface area (Å²) in [4.78, 5) is 0. The molecule has 0 aliphatic carbocycles. The van der Waals surface area contributed by atoms with Gasteiger partial charge in [0.2, 0.25) is 0 Å². The fourth-order valence-electron chi connectivity index (χ4n) is 5.43. The SMILES string of the molecule is COc1cc2oc3c(-c4cc5ccccc5c5ccccc45)cc4ccccc4c3c2cc1OC. The molecule has 0 radical (unpaired) electrons. The molecule has 0 N–H and O–H groups in total. The minimum Gasteiger partial charge on any atom is -0.493 e. The maximum Gasteiger partial charge on any atom is 0.164 e. The summed E-state index contributed by atoms with van der Waals surface area (Å²) >= 11 is 0. The van der Waals surface area contributed by atoms with E-state index in [1.165, 1.54) is 26.9 Å². The minimum atomic E-state index is 0.654. The molecule has 6 aromatic carbocycles. The van der Waals surface area contributed by atoms with E-state index in [0.717, 1.165) is 38.5 Å². The topological polar surface area (TPSA) is 31.6 Å². The average Bonchev–Trinajstić information content (AvgIpc) is 3.30. The van der Waals surface area contributed by atoms with Gasteiger partial charge in [-0.3, -0.25) is 0 Å². The van der Waals surface area contributed by atoms with Crippen molar-refractivity contribution < 1.29 is 13.9 Å². The van der Waals surface area contributed by atoms with Crippen LogP contribution in [0.15, 0.2) is 101 Å². The molecule has 35 heavy (non-hydrogen) atoms. The van der Waals surface area contributed by atoms with Gasteiger partial charge in [0.1, 0.15) is 11.2 Å². The van der Waals surface area contributed by atoms with Crippen molar-refractivity contribution in [1.29, 1.82) is 0 Å². The monoisotopic (exact) mass is 454 g/mol. The molecule has 0 saturated carbocycles. The normalized spacial score (nSPS) is 11.7. The van der Waals surface area contributed by atoms with Crippen molar-refractivity contribution in [2.45, 2.75) is 0 Å². The highest BCUT2D eigenvalue weighted by atomic mass is 16.5. The Morgan fingerprint density at radius 2 is 1.09 bits per heavy atom. The number of methoxy groups -OCH3 is 2. The lowest BCUT2D eigenvalue weighted by molar-refractivity contribution is 0.355. The molecule has 0 atom stereocenters. The second-order valence-corrected chi connectivity index (χ2v) is 8.85. The Labute approximate surface area is 202 Å². The van der Waals surface area contributed by atoms with E-state index >= 15 is 0 Å². The molecule has 168 valence electrons. The molecule has 0 bridgehead atoms. The lowest BCUT2D eigenvalue weighted by Crippen LogP contribution is -1.89. The summed E-state index contributed by atoms with van der Waals surface area (Å²) in [5.41, 5.74) is 3.89. The number of ether oxygens (including phenoxy) is 2. The number of hydrogen-bond donors (Lipinski definition) is 0. The standard InChI is InChI=1S/C32H22O3/c1-33-29-17-27-28(18-30(29)34-2)35-32-26(16-20-10-4-6-12-22(20)31(27)32)25-15-19-9-3-5-11-21(19)23-13-7-8-14-24(23)25/h3-18H,1-2H3. The Morgan fingerprint density at radius 3 is 1.83 bits per heavy atom. The van der Waals surface area contributed by atoms with Crippen LogP contribution in [0.5, 0.6) is 11.5 Å². The highest BCUT2D eigenvalue weighted by Crippen LogP contribution is 2.46. The number of fused-ring (bicyclic) bond motifs is 8. The zero-order valence-corrected chi connectivity index (χ0v) is 19.5. The van der Waals surface area contributed by atoms with Gasteiger partial charge in [-0.2, -0.15) is 0 Å². The van der Waals surface area contributed by atoms with E-state index in [2.05, 4.69) is 84.9 Å². The molecule has 3 nitrogen and oxygen atoms in total. The highest BCUT2D eigenvalue weighted by molar-refractivity contribution is 6.25. The zero-order chi connectivity index (χ0) is 23.5. The van der Waals surface area contributed by atoms with Gasteiger partial charge >= 0.3 is 0 Å². The number of furan rings is 1. The fraction of sp³-hybridized carbons (Fsp3) is 0.0625. The van der Waals surface area contributed by atoms with Crippen molar-refractivity contribution in [2.24, 2.45) is 0 Å². The molecule has 3 heteroatoms. The lowest BCUT2D eigenvalue weighted by Gasteiger charge is -2.13. The predicted octanol–water partition coefficient (Wildman–Crippen LogP) is 8.73. The molecule has 0 unspecified atom stereocenters. The predicted molar refractivity (Wildman–Crippen MR) is 145 cm³/mol. The molecule has 0 amide bonds. The first kappa shape index (κ1) is 19.9. The van der Waals surface area contributed by atoms with E-state index in [1.54, 1.807) is 14.2 Å². The number of rotatable bonds is 3. The van der Waals surface area contributed by atoms with Crippen molar-refractivity contribution in [3.05, 3.63) is 97.1 Å². The van der Waals surface area contributed by atoms with Gasteiger partial charge in [0, 0.05) is 22.4 Å². The molecule has 0 aliphatic heterocycles. The van der Waals surface area contributed by atoms with Crippen LogP contribution in [0.25, 0.3) is 65.4 Å². The van der Waals surface area contributed by atoms with Crippen molar-refractivity contribution in [3.63, 3.8) is 0 Å². The van der Waals surface area contributed by atoms with Gasteiger partial charge < -0.3 is 13.9 Å². The summed E-state index contributed by atoms with van der Waals surface area (Å²) < 4.78 is 17.8. The van der Waals surface area contributed by atoms with Crippen molar-refractivity contribution in [1.82, 2.24) is 0 Å². The van der Waals surface area contributed by atoms with Crippen LogP contribution in [0.4, 0.5) is 0 Å². The third-order valence-electron chi connectivity index (χ3n) is 7.03. The van der Waals surface area contributed by atoms with Crippen LogP contribution in [-0.2, 0) is 0 Å². The second-order valence-electron chi connectivity index (χ2n) is 8.85. The Morgan fingerprint density at radius 1 is 0.514 bits per heavy atom.